The third kappa shape index (κ3) is 4.22. The number of benzene rings is 1. The Labute approximate surface area is 174 Å². The van der Waals surface area contributed by atoms with Crippen LogP contribution in [0.25, 0.3) is 10.2 Å². The van der Waals surface area contributed by atoms with Crippen LogP contribution >= 0.6 is 11.3 Å². The summed E-state index contributed by atoms with van der Waals surface area (Å²) in [5, 5.41) is 10.8. The monoisotopic (exact) mass is 443 g/mol. The van der Waals surface area contributed by atoms with Crippen LogP contribution in [0.2, 0.25) is 0 Å². The van der Waals surface area contributed by atoms with Crippen LogP contribution in [0.3, 0.4) is 0 Å². The fourth-order valence-corrected chi connectivity index (χ4v) is 4.84. The topological polar surface area (TPSA) is 62.3 Å². The molecule has 1 aromatic carbocycles. The number of ether oxygens (including phenoxy) is 1. The predicted octanol–water partition coefficient (Wildman–Crippen LogP) is 4.94. The number of alkyl halides is 3. The van der Waals surface area contributed by atoms with Gasteiger partial charge < -0.3 is 14.8 Å². The number of rotatable bonds is 6. The molecule has 9 heteroatoms. The molecule has 0 fully saturated rings. The van der Waals surface area contributed by atoms with Crippen molar-refractivity contribution < 1.29 is 27.4 Å². The lowest BCUT2D eigenvalue weighted by Crippen LogP contribution is -2.50. The van der Waals surface area contributed by atoms with E-state index in [1.165, 1.54) is 45.4 Å². The van der Waals surface area contributed by atoms with Gasteiger partial charge in [-0.25, -0.2) is 4.39 Å². The summed E-state index contributed by atoms with van der Waals surface area (Å²) in [4.78, 5) is 15.0. The molecule has 2 aromatic heterocycles. The maximum Gasteiger partial charge on any atom is 0.417 e. The van der Waals surface area contributed by atoms with Crippen molar-refractivity contribution in [2.24, 2.45) is 0 Å². The lowest BCUT2D eigenvalue weighted by molar-refractivity contribution is -0.266. The van der Waals surface area contributed by atoms with Crippen LogP contribution in [0.4, 0.5) is 17.6 Å². The molecule has 3 rings (SSSR count). The molecule has 0 aliphatic carbocycles. The molecule has 0 amide bonds. The summed E-state index contributed by atoms with van der Waals surface area (Å²) in [5.41, 5.74) is -4.04. The first kappa shape index (κ1) is 22.3. The van der Waals surface area contributed by atoms with Crippen molar-refractivity contribution >= 4 is 21.6 Å². The van der Waals surface area contributed by atoms with Crippen molar-refractivity contribution in [2.75, 3.05) is 7.11 Å². The first-order valence-corrected chi connectivity index (χ1v) is 9.91. The van der Waals surface area contributed by atoms with E-state index >= 15 is 0 Å². The molecule has 1 unspecified atom stereocenters. The number of halogens is 4. The van der Waals surface area contributed by atoms with E-state index in [2.05, 4.69) is 4.98 Å². The zero-order chi connectivity index (χ0) is 22.3. The molecule has 3 aromatic rings. The average Bonchev–Trinajstić information content (AvgIpc) is 3.04. The molecule has 0 aliphatic rings. The summed E-state index contributed by atoms with van der Waals surface area (Å²) in [5.74, 6) is -0.379. The zero-order valence-corrected chi connectivity index (χ0v) is 17.4. The highest BCUT2D eigenvalue weighted by Crippen LogP contribution is 2.45. The van der Waals surface area contributed by atoms with Gasteiger partial charge in [0.05, 0.1) is 17.3 Å². The van der Waals surface area contributed by atoms with Crippen molar-refractivity contribution in [1.29, 1.82) is 0 Å². The Morgan fingerprint density at radius 2 is 1.87 bits per heavy atom. The molecule has 162 valence electrons. The molecule has 2 N–H and O–H groups in total. The number of aromatic nitrogens is 1. The second-order valence-electron chi connectivity index (χ2n) is 7.91. The Hall–Kier alpha value is -2.39. The molecule has 0 saturated carbocycles. The van der Waals surface area contributed by atoms with Gasteiger partial charge in [0.2, 0.25) is 0 Å². The minimum absolute atomic E-state index is 0.214. The summed E-state index contributed by atoms with van der Waals surface area (Å²) >= 11 is 0.910. The minimum atomic E-state index is -4.95. The van der Waals surface area contributed by atoms with E-state index in [9.17, 15) is 27.5 Å². The fourth-order valence-electron chi connectivity index (χ4n) is 3.69. The van der Waals surface area contributed by atoms with E-state index in [4.69, 9.17) is 4.74 Å². The summed E-state index contributed by atoms with van der Waals surface area (Å²) in [7, 11) is 1.34. The number of hydrogen-bond donors (Lipinski definition) is 2. The lowest BCUT2D eigenvalue weighted by atomic mass is 9.73. The summed E-state index contributed by atoms with van der Waals surface area (Å²) in [6.45, 7) is 2.99. The van der Waals surface area contributed by atoms with Gasteiger partial charge in [0, 0.05) is 29.1 Å². The number of thiophene rings is 1. The third-order valence-electron chi connectivity index (χ3n) is 5.10. The molecule has 2 heterocycles. The largest absolute Gasteiger partial charge is 0.496 e. The number of fused-ring (bicyclic) bond motifs is 1. The van der Waals surface area contributed by atoms with Crippen molar-refractivity contribution in [3.05, 3.63) is 63.0 Å². The van der Waals surface area contributed by atoms with Gasteiger partial charge in [-0.1, -0.05) is 13.8 Å². The predicted molar refractivity (Wildman–Crippen MR) is 108 cm³/mol. The van der Waals surface area contributed by atoms with Crippen molar-refractivity contribution in [3.63, 3.8) is 0 Å². The van der Waals surface area contributed by atoms with Crippen molar-refractivity contribution in [1.82, 2.24) is 4.98 Å². The second-order valence-corrected chi connectivity index (χ2v) is 9.05. The number of nitrogens with one attached hydrogen (secondary N) is 1. The van der Waals surface area contributed by atoms with Gasteiger partial charge in [0.25, 0.3) is 0 Å². The van der Waals surface area contributed by atoms with Crippen molar-refractivity contribution in [2.45, 2.75) is 43.9 Å². The van der Waals surface area contributed by atoms with Crippen LogP contribution in [0.5, 0.6) is 5.75 Å². The highest BCUT2D eigenvalue weighted by atomic mass is 32.1. The number of methoxy groups -OCH3 is 1. The van der Waals surface area contributed by atoms with Crippen LogP contribution in [0.1, 0.15) is 30.7 Å². The molecular formula is C21H21F4NO3S. The molecule has 0 radical (unpaired) electrons. The van der Waals surface area contributed by atoms with Gasteiger partial charge in [-0.3, -0.25) is 4.79 Å². The van der Waals surface area contributed by atoms with E-state index in [-0.39, 0.29) is 21.6 Å². The van der Waals surface area contributed by atoms with Crippen molar-refractivity contribution in [3.8, 4) is 5.75 Å². The number of aliphatic hydroxyl groups is 1. The third-order valence-corrected chi connectivity index (χ3v) is 6.25. The van der Waals surface area contributed by atoms with E-state index < -0.39 is 35.9 Å². The molecule has 1 atom stereocenters. The van der Waals surface area contributed by atoms with Crippen LogP contribution < -0.4 is 10.2 Å². The van der Waals surface area contributed by atoms with Gasteiger partial charge in [-0.15, -0.1) is 11.3 Å². The lowest BCUT2D eigenvalue weighted by Gasteiger charge is -2.38. The molecule has 0 spiro atoms. The molecule has 0 aliphatic heterocycles. The Morgan fingerprint density at radius 1 is 1.17 bits per heavy atom. The normalized spacial score (nSPS) is 14.7. The maximum absolute atomic E-state index is 14.0. The van der Waals surface area contributed by atoms with Crippen LogP contribution in [0.15, 0.2) is 41.3 Å². The van der Waals surface area contributed by atoms with Gasteiger partial charge >= 0.3 is 6.18 Å². The van der Waals surface area contributed by atoms with E-state index in [1.807, 2.05) is 0 Å². The standard InChI is InChI=1S/C21H21F4NO3S/c1-19(2,14-8-12(22)4-5-17(14)29-3)11-20(28,21(23,24)25)10-13-9-15-18(30-13)16(27)6-7-26-15/h4-9,28H,10-11H2,1-3H3,(H,26,27). The van der Waals surface area contributed by atoms with Gasteiger partial charge in [-0.2, -0.15) is 13.2 Å². The summed E-state index contributed by atoms with van der Waals surface area (Å²) in [6.07, 6.45) is -5.00. The molecular weight excluding hydrogens is 422 g/mol. The number of aromatic amines is 1. The molecule has 0 bridgehead atoms. The highest BCUT2D eigenvalue weighted by Gasteiger charge is 2.56. The number of pyridine rings is 1. The highest BCUT2D eigenvalue weighted by molar-refractivity contribution is 7.18. The van der Waals surface area contributed by atoms with Gasteiger partial charge in [-0.05, 0) is 36.1 Å². The first-order chi connectivity index (χ1) is 13.9. The Balaban J connectivity index is 2.02. The minimum Gasteiger partial charge on any atom is -0.496 e. The average molecular weight is 443 g/mol. The van der Waals surface area contributed by atoms with Crippen LogP contribution in [-0.4, -0.2) is 29.0 Å². The Morgan fingerprint density at radius 3 is 2.47 bits per heavy atom. The summed E-state index contributed by atoms with van der Waals surface area (Å²) < 4.78 is 61.3. The molecule has 0 saturated heterocycles. The SMILES string of the molecule is COc1ccc(F)cc1C(C)(C)CC(O)(Cc1cc2[nH]ccc(=O)c2s1)C(F)(F)F. The smallest absolute Gasteiger partial charge is 0.417 e. The second kappa shape index (κ2) is 7.70. The Kier molecular flexibility index (Phi) is 5.72. The van der Waals surface area contributed by atoms with E-state index in [1.54, 1.807) is 0 Å². The Bertz CT molecular complexity index is 1120. The molecule has 4 nitrogen and oxygen atoms in total. The number of H-pyrrole nitrogens is 1. The van der Waals surface area contributed by atoms with E-state index in [0.717, 1.165) is 23.5 Å². The van der Waals surface area contributed by atoms with E-state index in [0.29, 0.717) is 10.2 Å². The van der Waals surface area contributed by atoms with Gasteiger partial charge in [0.1, 0.15) is 11.6 Å². The zero-order valence-electron chi connectivity index (χ0n) is 16.6. The van der Waals surface area contributed by atoms with Crippen LogP contribution in [-0.2, 0) is 11.8 Å². The number of hydrogen-bond acceptors (Lipinski definition) is 4. The first-order valence-electron chi connectivity index (χ1n) is 9.09. The molecule has 30 heavy (non-hydrogen) atoms. The fraction of sp³-hybridized carbons (Fsp3) is 0.381. The maximum atomic E-state index is 14.0. The quantitative estimate of drug-likeness (QED) is 0.531. The van der Waals surface area contributed by atoms with Gasteiger partial charge in [0.15, 0.2) is 11.0 Å². The summed E-state index contributed by atoms with van der Waals surface area (Å²) in [6, 6.07) is 6.35. The van der Waals surface area contributed by atoms with Crippen LogP contribution in [0, 0.1) is 5.82 Å².